The summed E-state index contributed by atoms with van der Waals surface area (Å²) < 4.78 is 0. The van der Waals surface area contributed by atoms with Crippen LogP contribution in [-0.4, -0.2) is 44.3 Å². The maximum absolute atomic E-state index is 4.06. The van der Waals surface area contributed by atoms with Crippen LogP contribution in [0.5, 0.6) is 0 Å². The van der Waals surface area contributed by atoms with E-state index < -0.39 is 0 Å². The molecular formula is C32H73LaN12. The second kappa shape index (κ2) is 21.6. The van der Waals surface area contributed by atoms with Crippen LogP contribution in [-0.2, 0) is 0 Å². The molecule has 0 spiro atoms. The van der Waals surface area contributed by atoms with Gasteiger partial charge in [-0.1, -0.05) is 130 Å². The molecule has 0 unspecified atom stereocenters. The Balaban J connectivity index is -0.000000157. The normalized spacial score (nSPS) is 13.7. The first kappa shape index (κ1) is 53.3. The molecule has 0 aromatic rings. The van der Waals surface area contributed by atoms with Crippen molar-refractivity contribution in [3.8, 4) is 0 Å². The van der Waals surface area contributed by atoms with Gasteiger partial charge in [-0.15, -0.1) is 0 Å². The van der Waals surface area contributed by atoms with Gasteiger partial charge in [-0.3, -0.25) is 21.1 Å². The first-order chi connectivity index (χ1) is 18.8. The maximum Gasteiger partial charge on any atom is 3.00 e. The molecule has 0 heterocycles. The van der Waals surface area contributed by atoms with E-state index in [0.717, 1.165) is 0 Å². The first-order valence-electron chi connectivity index (χ1n) is 15.4. The fourth-order valence-electron chi connectivity index (χ4n) is 1.20. The number of hydrogen-bond acceptors (Lipinski definition) is 8. The van der Waals surface area contributed by atoms with Gasteiger partial charge in [0.1, 0.15) is 0 Å². The minimum absolute atomic E-state index is 0. The number of nitrogens with zero attached hydrogens (tertiary/aromatic N) is 11. The smallest absolute Gasteiger partial charge is 0.376 e. The Labute approximate surface area is 307 Å². The fourth-order valence-corrected chi connectivity index (χ4v) is 1.20. The molecule has 0 aromatic heterocycles. The molecule has 0 bridgehead atoms. The summed E-state index contributed by atoms with van der Waals surface area (Å²) in [6.07, 6.45) is 0. The topological polar surface area (TPSA) is 153 Å². The molecule has 0 rings (SSSR count). The molecule has 0 aliphatic rings. The Morgan fingerprint density at radius 3 is 0.667 bits per heavy atom. The van der Waals surface area contributed by atoms with Gasteiger partial charge in [-0.2, -0.15) is 5.11 Å². The molecular weight excluding hydrogens is 691 g/mol. The van der Waals surface area contributed by atoms with Gasteiger partial charge < -0.3 is 31.6 Å². The van der Waals surface area contributed by atoms with Gasteiger partial charge in [0, 0.05) is 5.54 Å². The summed E-state index contributed by atoms with van der Waals surface area (Å²) in [6, 6.07) is 0. The van der Waals surface area contributed by atoms with Gasteiger partial charge in [0.2, 0.25) is 0 Å². The van der Waals surface area contributed by atoms with E-state index in [0.29, 0.717) is 0 Å². The zero-order valence-electron chi connectivity index (χ0n) is 34.0. The molecule has 12 nitrogen and oxygen atoms in total. The average Bonchev–Trinajstić information content (AvgIpc) is 2.60. The maximum atomic E-state index is 4.06. The number of hydrogen-bond donors (Lipinski definition) is 1. The molecule has 0 aromatic carbocycles. The molecule has 0 saturated heterocycles. The van der Waals surface area contributed by atoms with Crippen LogP contribution in [0.15, 0.2) is 41.4 Å². The van der Waals surface area contributed by atoms with Gasteiger partial charge in [-0.05, 0) is 74.8 Å². The van der Waals surface area contributed by atoms with Crippen LogP contribution < -0.4 is 5.43 Å². The summed E-state index contributed by atoms with van der Waals surface area (Å²) in [6.45, 7) is 48.1. The van der Waals surface area contributed by atoms with Crippen LogP contribution in [0.25, 0.3) is 16.3 Å². The summed E-state index contributed by atoms with van der Waals surface area (Å²) in [5, 5.41) is 31.2. The molecule has 1 N–H and O–H groups in total. The molecule has 0 fully saturated rings. The van der Waals surface area contributed by atoms with E-state index >= 15 is 0 Å². The van der Waals surface area contributed by atoms with Gasteiger partial charge in [0.25, 0.3) is 0 Å². The third kappa shape index (κ3) is 75.1. The molecule has 264 valence electrons. The van der Waals surface area contributed by atoms with Crippen LogP contribution in [0.1, 0.15) is 166 Å². The van der Waals surface area contributed by atoms with Crippen LogP contribution in [0.3, 0.4) is 0 Å². The Hall–Kier alpha value is -1.21. The molecule has 0 aliphatic heterocycles. The summed E-state index contributed by atoms with van der Waals surface area (Å²) in [5.41, 5.74) is 14.2. The van der Waals surface area contributed by atoms with Crippen LogP contribution in [0.4, 0.5) is 0 Å². The minimum atomic E-state index is -0.116. The van der Waals surface area contributed by atoms with E-state index in [4.69, 9.17) is 0 Å². The van der Waals surface area contributed by atoms with Crippen molar-refractivity contribution in [3.05, 3.63) is 16.3 Å². The van der Waals surface area contributed by atoms with Gasteiger partial charge in [-0.25, -0.2) is 0 Å². The third-order valence-corrected chi connectivity index (χ3v) is 2.80. The van der Waals surface area contributed by atoms with Crippen molar-refractivity contribution < 1.29 is 35.6 Å². The summed E-state index contributed by atoms with van der Waals surface area (Å²) in [5.74, 6) is 0. The van der Waals surface area contributed by atoms with Crippen molar-refractivity contribution in [2.24, 2.45) is 41.4 Å². The number of nitrogens with one attached hydrogen (secondary N) is 1. The van der Waals surface area contributed by atoms with Crippen molar-refractivity contribution in [3.63, 3.8) is 0 Å². The predicted molar refractivity (Wildman–Crippen MR) is 191 cm³/mol. The Bertz CT molecular complexity index is 697. The Morgan fingerprint density at radius 1 is 0.333 bits per heavy atom. The molecule has 45 heavy (non-hydrogen) atoms. The fraction of sp³-hybridized carbons (Fsp3) is 1.00. The van der Waals surface area contributed by atoms with Crippen molar-refractivity contribution in [2.75, 3.05) is 0 Å². The van der Waals surface area contributed by atoms with Crippen molar-refractivity contribution in [1.82, 2.24) is 5.43 Å². The summed E-state index contributed by atoms with van der Waals surface area (Å²) >= 11 is 0. The molecule has 0 aliphatic carbocycles. The third-order valence-electron chi connectivity index (χ3n) is 2.80. The average molecular weight is 765 g/mol. The second-order valence-electron chi connectivity index (χ2n) is 18.6. The zero-order valence-corrected chi connectivity index (χ0v) is 37.6. The van der Waals surface area contributed by atoms with E-state index in [1.54, 1.807) is 0 Å². The predicted octanol–water partition coefficient (Wildman–Crippen LogP) is 12.5. The molecule has 13 heteroatoms. The van der Waals surface area contributed by atoms with Gasteiger partial charge in [0.05, 0.1) is 5.54 Å². The van der Waals surface area contributed by atoms with Crippen LogP contribution in [0, 0.1) is 35.6 Å². The van der Waals surface area contributed by atoms with Crippen LogP contribution >= 0.6 is 0 Å². The summed E-state index contributed by atoms with van der Waals surface area (Å²) in [7, 11) is 0. The Kier molecular flexibility index (Phi) is 25.6. The van der Waals surface area contributed by atoms with E-state index in [9.17, 15) is 0 Å². The van der Waals surface area contributed by atoms with E-state index in [-0.39, 0.29) is 79.9 Å². The zero-order chi connectivity index (χ0) is 36.5. The van der Waals surface area contributed by atoms with Crippen molar-refractivity contribution in [1.29, 1.82) is 0 Å². The monoisotopic (exact) mass is 765 g/mol. The van der Waals surface area contributed by atoms with E-state index in [1.165, 1.54) is 0 Å². The van der Waals surface area contributed by atoms with Gasteiger partial charge >= 0.3 is 35.6 Å². The molecule has 0 atom stereocenters. The minimum Gasteiger partial charge on any atom is -0.376 e. The SMILES string of the molecule is CC(C)(C)N=NNC(C)(C)C.CC(C)(C)N=N[N-]C(C)(C)C.CC(C)(C)N=N[N-]C(C)(C)C.CC(C)(C)N=N[N-]C(C)(C)C.[La+3]. The standard InChI is InChI=1S/C8H19N3.3C8H18N3.La/c4*1-7(2,3)9-11-10-8(4,5)6;/h1-6H3,(H,9,10);3*1-6H3;/q;3*-1;+3. The largest absolute Gasteiger partial charge is 3.00 e. The second-order valence-corrected chi connectivity index (χ2v) is 18.6. The van der Waals surface area contributed by atoms with Gasteiger partial charge in [0.15, 0.2) is 0 Å². The summed E-state index contributed by atoms with van der Waals surface area (Å²) in [4.78, 5) is 0. The molecule has 0 amide bonds. The first-order valence-corrected chi connectivity index (χ1v) is 15.4. The van der Waals surface area contributed by atoms with Crippen molar-refractivity contribution >= 4 is 0 Å². The van der Waals surface area contributed by atoms with E-state index in [2.05, 4.69) is 83.8 Å². The quantitative estimate of drug-likeness (QED) is 0.220. The van der Waals surface area contributed by atoms with Crippen LogP contribution in [0.2, 0.25) is 0 Å². The van der Waals surface area contributed by atoms with Crippen molar-refractivity contribution in [2.45, 2.75) is 210 Å². The van der Waals surface area contributed by atoms with E-state index in [1.807, 2.05) is 145 Å². The number of rotatable bonds is 4. The molecule has 0 saturated carbocycles. The molecule has 0 radical (unpaired) electrons. The Morgan fingerprint density at radius 2 is 0.533 bits per heavy atom.